The molecule has 1 saturated heterocycles. The molecule has 4 rings (SSSR count). The quantitative estimate of drug-likeness (QED) is 0.713. The number of benzene rings is 3. The average molecular weight is 327 g/mol. The molecule has 3 aromatic rings. The second kappa shape index (κ2) is 6.50. The van der Waals surface area contributed by atoms with Gasteiger partial charge in [0.15, 0.2) is 0 Å². The lowest BCUT2D eigenvalue weighted by molar-refractivity contribution is 0.395. The van der Waals surface area contributed by atoms with Crippen LogP contribution in [0.25, 0.3) is 0 Å². The first-order chi connectivity index (χ1) is 12.2. The van der Waals surface area contributed by atoms with Crippen LogP contribution < -0.4 is 5.32 Å². The lowest BCUT2D eigenvalue weighted by Gasteiger charge is -2.32. The molecular weight excluding hydrogens is 302 g/mol. The van der Waals surface area contributed by atoms with Crippen LogP contribution >= 0.6 is 0 Å². The Morgan fingerprint density at radius 3 is 1.72 bits per heavy atom. The van der Waals surface area contributed by atoms with Crippen LogP contribution in [0.5, 0.6) is 0 Å². The standard InChI is InChI=1S/C24H25N/c1-23(17-20-11-5-2-6-12-20)18-24(19-25-23,21-13-7-3-8-14-21)22-15-9-4-10-16-22/h2-16,25H,17-19H2,1H3/t23-/m0/s1. The highest BCUT2D eigenvalue weighted by Crippen LogP contribution is 2.44. The number of nitrogens with one attached hydrogen (secondary N) is 1. The number of hydrogen-bond donors (Lipinski definition) is 1. The molecule has 0 spiro atoms. The summed E-state index contributed by atoms with van der Waals surface area (Å²) in [5, 5.41) is 3.87. The molecule has 0 unspecified atom stereocenters. The summed E-state index contributed by atoms with van der Waals surface area (Å²) in [4.78, 5) is 0. The van der Waals surface area contributed by atoms with E-state index in [1.807, 2.05) is 0 Å². The van der Waals surface area contributed by atoms with Crippen LogP contribution in [0.3, 0.4) is 0 Å². The summed E-state index contributed by atoms with van der Waals surface area (Å²) < 4.78 is 0. The Kier molecular flexibility index (Phi) is 4.19. The van der Waals surface area contributed by atoms with Crippen molar-refractivity contribution in [3.8, 4) is 0 Å². The molecule has 0 amide bonds. The summed E-state index contributed by atoms with van der Waals surface area (Å²) in [5.74, 6) is 0. The number of rotatable bonds is 4. The van der Waals surface area contributed by atoms with Crippen molar-refractivity contribution in [2.45, 2.75) is 30.7 Å². The molecule has 1 fully saturated rings. The van der Waals surface area contributed by atoms with Gasteiger partial charge >= 0.3 is 0 Å². The van der Waals surface area contributed by atoms with E-state index in [-0.39, 0.29) is 11.0 Å². The lowest BCUT2D eigenvalue weighted by atomic mass is 9.70. The molecule has 1 heteroatoms. The van der Waals surface area contributed by atoms with Crippen LogP contribution in [0, 0.1) is 0 Å². The predicted molar refractivity (Wildman–Crippen MR) is 105 cm³/mol. The maximum absolute atomic E-state index is 3.87. The highest BCUT2D eigenvalue weighted by molar-refractivity contribution is 5.43. The smallest absolute Gasteiger partial charge is 0.0344 e. The topological polar surface area (TPSA) is 12.0 Å². The Morgan fingerprint density at radius 2 is 1.20 bits per heavy atom. The third-order valence-corrected chi connectivity index (χ3v) is 5.60. The molecular formula is C24H25N. The first kappa shape index (κ1) is 16.1. The molecule has 0 radical (unpaired) electrons. The van der Waals surface area contributed by atoms with Crippen molar-refractivity contribution in [1.29, 1.82) is 0 Å². The summed E-state index contributed by atoms with van der Waals surface area (Å²) in [6.45, 7) is 3.35. The van der Waals surface area contributed by atoms with Crippen molar-refractivity contribution < 1.29 is 0 Å². The van der Waals surface area contributed by atoms with Gasteiger partial charge in [-0.15, -0.1) is 0 Å². The van der Waals surface area contributed by atoms with Crippen molar-refractivity contribution in [2.75, 3.05) is 6.54 Å². The third-order valence-electron chi connectivity index (χ3n) is 5.60. The Morgan fingerprint density at radius 1 is 0.720 bits per heavy atom. The average Bonchev–Trinajstić information content (AvgIpc) is 3.03. The van der Waals surface area contributed by atoms with Crippen molar-refractivity contribution in [2.24, 2.45) is 0 Å². The van der Waals surface area contributed by atoms with Gasteiger partial charge in [-0.1, -0.05) is 91.0 Å². The fourth-order valence-electron chi connectivity index (χ4n) is 4.42. The van der Waals surface area contributed by atoms with Gasteiger partial charge in [-0.05, 0) is 36.5 Å². The van der Waals surface area contributed by atoms with E-state index < -0.39 is 0 Å². The first-order valence-electron chi connectivity index (χ1n) is 9.10. The Labute approximate surface area is 150 Å². The molecule has 0 aliphatic carbocycles. The van der Waals surface area contributed by atoms with Crippen LogP contribution in [-0.2, 0) is 11.8 Å². The van der Waals surface area contributed by atoms with Gasteiger partial charge < -0.3 is 5.32 Å². The molecule has 126 valence electrons. The summed E-state index contributed by atoms with van der Waals surface area (Å²) in [7, 11) is 0. The molecule has 3 aromatic carbocycles. The second-order valence-corrected chi connectivity index (χ2v) is 7.57. The van der Waals surface area contributed by atoms with Gasteiger partial charge in [0.2, 0.25) is 0 Å². The SMILES string of the molecule is C[C@]1(Cc2ccccc2)CC(c2ccccc2)(c2ccccc2)CN1. The van der Waals surface area contributed by atoms with E-state index in [0.717, 1.165) is 19.4 Å². The molecule has 1 heterocycles. The minimum absolute atomic E-state index is 0.0338. The predicted octanol–water partition coefficient (Wildman–Crippen LogP) is 4.97. The van der Waals surface area contributed by atoms with Gasteiger partial charge in [0.1, 0.15) is 0 Å². The van der Waals surface area contributed by atoms with Crippen molar-refractivity contribution >= 4 is 0 Å². The monoisotopic (exact) mass is 327 g/mol. The lowest BCUT2D eigenvalue weighted by Crippen LogP contribution is -2.38. The summed E-state index contributed by atoms with van der Waals surface area (Å²) >= 11 is 0. The Hall–Kier alpha value is -2.38. The second-order valence-electron chi connectivity index (χ2n) is 7.57. The zero-order chi connectivity index (χ0) is 17.2. The molecule has 1 nitrogen and oxygen atoms in total. The van der Waals surface area contributed by atoms with Crippen LogP contribution in [0.2, 0.25) is 0 Å². The summed E-state index contributed by atoms with van der Waals surface area (Å²) in [6.07, 6.45) is 2.15. The van der Waals surface area contributed by atoms with E-state index in [4.69, 9.17) is 0 Å². The Balaban J connectivity index is 1.72. The molecule has 25 heavy (non-hydrogen) atoms. The van der Waals surface area contributed by atoms with Crippen molar-refractivity contribution in [1.82, 2.24) is 5.32 Å². The zero-order valence-corrected chi connectivity index (χ0v) is 14.8. The maximum atomic E-state index is 3.87. The van der Waals surface area contributed by atoms with Crippen LogP contribution in [0.1, 0.15) is 30.0 Å². The first-order valence-corrected chi connectivity index (χ1v) is 9.10. The molecule has 0 saturated carbocycles. The molecule has 0 aromatic heterocycles. The fraction of sp³-hybridized carbons (Fsp3) is 0.250. The molecule has 1 aliphatic heterocycles. The molecule has 0 bridgehead atoms. The van der Waals surface area contributed by atoms with E-state index in [1.165, 1.54) is 16.7 Å². The minimum atomic E-state index is 0.0338. The highest BCUT2D eigenvalue weighted by atomic mass is 15.0. The van der Waals surface area contributed by atoms with E-state index in [9.17, 15) is 0 Å². The van der Waals surface area contributed by atoms with Gasteiger partial charge in [-0.2, -0.15) is 0 Å². The molecule has 1 N–H and O–H groups in total. The third kappa shape index (κ3) is 3.12. The highest BCUT2D eigenvalue weighted by Gasteiger charge is 2.47. The van der Waals surface area contributed by atoms with Gasteiger partial charge in [0.05, 0.1) is 0 Å². The fourth-order valence-corrected chi connectivity index (χ4v) is 4.42. The normalized spacial score (nSPS) is 22.0. The van der Waals surface area contributed by atoms with E-state index in [2.05, 4.69) is 103 Å². The van der Waals surface area contributed by atoms with Crippen LogP contribution in [-0.4, -0.2) is 12.1 Å². The van der Waals surface area contributed by atoms with Crippen molar-refractivity contribution in [3.63, 3.8) is 0 Å². The van der Waals surface area contributed by atoms with E-state index >= 15 is 0 Å². The van der Waals surface area contributed by atoms with Crippen LogP contribution in [0.15, 0.2) is 91.0 Å². The Bertz CT molecular complexity index is 771. The summed E-state index contributed by atoms with van der Waals surface area (Å²) in [5.41, 5.74) is 4.34. The number of hydrogen-bond acceptors (Lipinski definition) is 1. The van der Waals surface area contributed by atoms with Gasteiger partial charge in [-0.3, -0.25) is 0 Å². The summed E-state index contributed by atoms with van der Waals surface area (Å²) in [6, 6.07) is 32.8. The van der Waals surface area contributed by atoms with Crippen LogP contribution in [0.4, 0.5) is 0 Å². The minimum Gasteiger partial charge on any atom is -0.310 e. The maximum Gasteiger partial charge on any atom is 0.0344 e. The van der Waals surface area contributed by atoms with Gasteiger partial charge in [0, 0.05) is 17.5 Å². The zero-order valence-electron chi connectivity index (χ0n) is 14.8. The molecule has 1 aliphatic rings. The van der Waals surface area contributed by atoms with E-state index in [0.29, 0.717) is 0 Å². The van der Waals surface area contributed by atoms with E-state index in [1.54, 1.807) is 0 Å². The van der Waals surface area contributed by atoms with Gasteiger partial charge in [0.25, 0.3) is 0 Å². The van der Waals surface area contributed by atoms with Crippen molar-refractivity contribution in [3.05, 3.63) is 108 Å². The molecule has 1 atom stereocenters. The van der Waals surface area contributed by atoms with Gasteiger partial charge in [-0.25, -0.2) is 0 Å². The largest absolute Gasteiger partial charge is 0.310 e.